The van der Waals surface area contributed by atoms with Gasteiger partial charge in [-0.25, -0.2) is 4.79 Å². The van der Waals surface area contributed by atoms with E-state index in [1.54, 1.807) is 11.8 Å². The Kier molecular flexibility index (Phi) is 6.26. The van der Waals surface area contributed by atoms with Crippen molar-refractivity contribution in [2.24, 2.45) is 0 Å². The molecule has 0 bridgehead atoms. The Morgan fingerprint density at radius 3 is 2.35 bits per heavy atom. The lowest BCUT2D eigenvalue weighted by Gasteiger charge is -2.31. The number of likely N-dealkylation sites (tertiary alicyclic amines) is 1. The zero-order valence-electron chi connectivity index (χ0n) is 12.9. The first kappa shape index (κ1) is 16.8. The minimum absolute atomic E-state index is 0.210. The first-order valence-corrected chi connectivity index (χ1v) is 7.18. The van der Waals surface area contributed by atoms with Crippen molar-refractivity contribution in [1.82, 2.24) is 10.2 Å². The summed E-state index contributed by atoms with van der Waals surface area (Å²) in [6, 6.07) is 0.244. The Morgan fingerprint density at radius 2 is 1.85 bits per heavy atom. The number of ether oxygens (including phenoxy) is 2. The number of carbonyl (C=O) groups is 2. The van der Waals surface area contributed by atoms with E-state index in [1.807, 2.05) is 20.8 Å². The number of carbonyl (C=O) groups excluding carboxylic acids is 2. The molecule has 0 aromatic heterocycles. The van der Waals surface area contributed by atoms with Gasteiger partial charge in [0.25, 0.3) is 0 Å². The molecule has 6 heteroatoms. The Balaban J connectivity index is 2.23. The van der Waals surface area contributed by atoms with Crippen molar-refractivity contribution in [1.29, 1.82) is 0 Å². The molecular formula is C14H26N2O4. The molecule has 1 aliphatic rings. The number of nitrogens with zero attached hydrogens (tertiary/aromatic N) is 1. The molecule has 20 heavy (non-hydrogen) atoms. The summed E-state index contributed by atoms with van der Waals surface area (Å²) in [5.74, 6) is -0.245. The molecule has 0 aromatic carbocycles. The van der Waals surface area contributed by atoms with Crippen LogP contribution in [0.4, 0.5) is 4.79 Å². The highest BCUT2D eigenvalue weighted by molar-refractivity contribution is 5.72. The molecule has 1 heterocycles. The van der Waals surface area contributed by atoms with Crippen LogP contribution in [0, 0.1) is 0 Å². The van der Waals surface area contributed by atoms with E-state index in [9.17, 15) is 9.59 Å². The monoisotopic (exact) mass is 286 g/mol. The van der Waals surface area contributed by atoms with Gasteiger partial charge in [-0.05, 0) is 40.5 Å². The number of hydrogen-bond acceptors (Lipinski definition) is 5. The van der Waals surface area contributed by atoms with E-state index in [2.05, 4.69) is 5.32 Å². The maximum absolute atomic E-state index is 11.6. The largest absolute Gasteiger partial charge is 0.459 e. The molecule has 116 valence electrons. The summed E-state index contributed by atoms with van der Waals surface area (Å²) < 4.78 is 10.2. The number of esters is 1. The van der Waals surface area contributed by atoms with Crippen molar-refractivity contribution in [3.63, 3.8) is 0 Å². The molecule has 1 aliphatic heterocycles. The highest BCUT2D eigenvalue weighted by atomic mass is 16.6. The van der Waals surface area contributed by atoms with E-state index in [0.29, 0.717) is 19.7 Å². The van der Waals surface area contributed by atoms with Crippen LogP contribution < -0.4 is 5.32 Å². The molecule has 1 fully saturated rings. The molecule has 0 spiro atoms. The summed E-state index contributed by atoms with van der Waals surface area (Å²) in [5.41, 5.74) is -0.452. The Morgan fingerprint density at radius 1 is 1.25 bits per heavy atom. The van der Waals surface area contributed by atoms with Crippen molar-refractivity contribution in [2.45, 2.75) is 52.2 Å². The summed E-state index contributed by atoms with van der Waals surface area (Å²) in [7, 11) is 0. The highest BCUT2D eigenvalue weighted by Gasteiger charge is 2.24. The fraction of sp³-hybridized carbons (Fsp3) is 0.857. The van der Waals surface area contributed by atoms with Crippen molar-refractivity contribution in [2.75, 3.05) is 26.2 Å². The van der Waals surface area contributed by atoms with Crippen LogP contribution in [0.25, 0.3) is 0 Å². The maximum atomic E-state index is 11.6. The van der Waals surface area contributed by atoms with Crippen LogP contribution in [0.2, 0.25) is 0 Å². The fourth-order valence-electron chi connectivity index (χ4n) is 2.09. The molecule has 0 atom stereocenters. The lowest BCUT2D eigenvalue weighted by molar-refractivity contribution is -0.153. The summed E-state index contributed by atoms with van der Waals surface area (Å²) in [6.45, 7) is 9.27. The minimum Gasteiger partial charge on any atom is -0.459 e. The van der Waals surface area contributed by atoms with Gasteiger partial charge in [-0.3, -0.25) is 4.79 Å². The minimum atomic E-state index is -0.452. The third-order valence-corrected chi connectivity index (χ3v) is 2.98. The smallest absolute Gasteiger partial charge is 0.409 e. The van der Waals surface area contributed by atoms with E-state index in [4.69, 9.17) is 9.47 Å². The topological polar surface area (TPSA) is 67.9 Å². The Hall–Kier alpha value is -1.30. The number of piperidine rings is 1. The van der Waals surface area contributed by atoms with Crippen LogP contribution in [0.3, 0.4) is 0 Å². The van der Waals surface area contributed by atoms with Gasteiger partial charge in [0.2, 0.25) is 0 Å². The normalized spacial score (nSPS) is 16.9. The van der Waals surface area contributed by atoms with Gasteiger partial charge in [0, 0.05) is 19.1 Å². The van der Waals surface area contributed by atoms with Crippen LogP contribution in [0.5, 0.6) is 0 Å². The van der Waals surface area contributed by atoms with E-state index in [0.717, 1.165) is 12.8 Å². The van der Waals surface area contributed by atoms with Crippen molar-refractivity contribution >= 4 is 12.1 Å². The van der Waals surface area contributed by atoms with Gasteiger partial charge in [0.1, 0.15) is 5.60 Å². The average Bonchev–Trinajstić information content (AvgIpc) is 2.35. The Bertz CT molecular complexity index is 331. The molecular weight excluding hydrogens is 260 g/mol. The fourth-order valence-corrected chi connectivity index (χ4v) is 2.09. The second-order valence-electron chi connectivity index (χ2n) is 5.93. The van der Waals surface area contributed by atoms with Gasteiger partial charge in [-0.15, -0.1) is 0 Å². The zero-order valence-corrected chi connectivity index (χ0v) is 12.9. The molecule has 0 aromatic rings. The summed E-state index contributed by atoms with van der Waals surface area (Å²) in [4.78, 5) is 24.8. The van der Waals surface area contributed by atoms with Crippen LogP contribution in [-0.2, 0) is 14.3 Å². The molecule has 0 aliphatic carbocycles. The zero-order chi connectivity index (χ0) is 15.2. The summed E-state index contributed by atoms with van der Waals surface area (Å²) >= 11 is 0. The van der Waals surface area contributed by atoms with Crippen molar-refractivity contribution < 1.29 is 19.1 Å². The van der Waals surface area contributed by atoms with E-state index < -0.39 is 5.60 Å². The SMILES string of the molecule is CCOC(=O)N1CCC(NCC(=O)OC(C)(C)C)CC1. The van der Waals surface area contributed by atoms with Gasteiger partial charge in [0.05, 0.1) is 13.2 Å². The van der Waals surface area contributed by atoms with Gasteiger partial charge in [-0.1, -0.05) is 0 Å². The lowest BCUT2D eigenvalue weighted by atomic mass is 10.1. The summed E-state index contributed by atoms with van der Waals surface area (Å²) in [5, 5.41) is 3.18. The van der Waals surface area contributed by atoms with Crippen LogP contribution in [0.1, 0.15) is 40.5 Å². The predicted octanol–water partition coefficient (Wildman–Crippen LogP) is 1.54. The molecule has 6 nitrogen and oxygen atoms in total. The number of hydrogen-bond donors (Lipinski definition) is 1. The van der Waals surface area contributed by atoms with Crippen molar-refractivity contribution in [3.05, 3.63) is 0 Å². The quantitative estimate of drug-likeness (QED) is 0.794. The average molecular weight is 286 g/mol. The van der Waals surface area contributed by atoms with Gasteiger partial charge < -0.3 is 19.7 Å². The Labute approximate surface area is 120 Å². The molecule has 1 amide bonds. The van der Waals surface area contributed by atoms with Gasteiger partial charge in [0.15, 0.2) is 0 Å². The third kappa shape index (κ3) is 6.23. The van der Waals surface area contributed by atoms with Crippen LogP contribution >= 0.6 is 0 Å². The van der Waals surface area contributed by atoms with Crippen LogP contribution in [0.15, 0.2) is 0 Å². The number of amides is 1. The van der Waals surface area contributed by atoms with E-state index >= 15 is 0 Å². The molecule has 0 radical (unpaired) electrons. The molecule has 0 unspecified atom stereocenters. The first-order chi connectivity index (χ1) is 9.31. The van der Waals surface area contributed by atoms with E-state index in [1.165, 1.54) is 0 Å². The number of nitrogens with one attached hydrogen (secondary N) is 1. The first-order valence-electron chi connectivity index (χ1n) is 7.18. The summed E-state index contributed by atoms with van der Waals surface area (Å²) in [6.07, 6.45) is 1.39. The lowest BCUT2D eigenvalue weighted by Crippen LogP contribution is -2.46. The molecule has 1 rings (SSSR count). The molecule has 1 saturated heterocycles. The maximum Gasteiger partial charge on any atom is 0.409 e. The van der Waals surface area contributed by atoms with Gasteiger partial charge >= 0.3 is 12.1 Å². The second-order valence-corrected chi connectivity index (χ2v) is 5.93. The highest BCUT2D eigenvalue weighted by Crippen LogP contribution is 2.12. The van der Waals surface area contributed by atoms with Crippen LogP contribution in [-0.4, -0.2) is 54.8 Å². The van der Waals surface area contributed by atoms with Gasteiger partial charge in [-0.2, -0.15) is 0 Å². The van der Waals surface area contributed by atoms with E-state index in [-0.39, 0.29) is 24.6 Å². The standard InChI is InChI=1S/C14H26N2O4/c1-5-19-13(18)16-8-6-11(7-9-16)15-10-12(17)20-14(2,3)4/h11,15H,5-10H2,1-4H3. The van der Waals surface area contributed by atoms with Crippen molar-refractivity contribution in [3.8, 4) is 0 Å². The third-order valence-electron chi connectivity index (χ3n) is 2.98. The number of rotatable bonds is 4. The molecule has 1 N–H and O–H groups in total. The molecule has 0 saturated carbocycles. The second kappa shape index (κ2) is 7.47. The predicted molar refractivity (Wildman–Crippen MR) is 75.5 cm³/mol.